The van der Waals surface area contributed by atoms with Crippen molar-refractivity contribution in [3.05, 3.63) is 0 Å². The third-order valence-electron chi connectivity index (χ3n) is 5.63. The number of nitrogens with zero attached hydrogens (tertiary/aromatic N) is 2. The average Bonchev–Trinajstić information content (AvgIpc) is 3.12. The Morgan fingerprint density at radius 1 is 1.00 bits per heavy atom. The van der Waals surface area contributed by atoms with Crippen LogP contribution in [-0.2, 0) is 19.1 Å². The Kier molecular flexibility index (Phi) is 6.34. The number of hydrogen-bond donors (Lipinski definition) is 0. The molecule has 3 atom stereocenters. The lowest BCUT2D eigenvalue weighted by Crippen LogP contribution is -2.51. The minimum absolute atomic E-state index is 0.0553. The fourth-order valence-electron chi connectivity index (χ4n) is 4.31. The van der Waals surface area contributed by atoms with Crippen molar-refractivity contribution in [1.82, 2.24) is 9.80 Å². The third kappa shape index (κ3) is 4.94. The maximum absolute atomic E-state index is 12.8. The van der Waals surface area contributed by atoms with E-state index in [2.05, 4.69) is 0 Å². The molecule has 3 fully saturated rings. The van der Waals surface area contributed by atoms with Crippen LogP contribution in [0.3, 0.4) is 0 Å². The first-order valence-electron chi connectivity index (χ1n) is 9.86. The zero-order valence-corrected chi connectivity index (χ0v) is 15.6. The quantitative estimate of drug-likeness (QED) is 0.774. The van der Waals surface area contributed by atoms with E-state index in [-0.39, 0.29) is 36.0 Å². The number of likely N-dealkylation sites (tertiary alicyclic amines) is 1. The van der Waals surface area contributed by atoms with Crippen LogP contribution in [0.1, 0.15) is 52.4 Å². The van der Waals surface area contributed by atoms with Crippen molar-refractivity contribution in [3.8, 4) is 0 Å². The molecule has 25 heavy (non-hydrogen) atoms. The molecule has 0 N–H and O–H groups in total. The van der Waals surface area contributed by atoms with Crippen molar-refractivity contribution in [1.29, 1.82) is 0 Å². The standard InChI is InChI=1S/C19H32N2O4/c1-14-12-21(13-15(2)25-14)19(23)16-7-9-20(10-8-16)18(22)6-5-17-4-3-11-24-17/h14-17H,3-13H2,1-2H3. The van der Waals surface area contributed by atoms with Crippen LogP contribution in [0.5, 0.6) is 0 Å². The zero-order valence-electron chi connectivity index (χ0n) is 15.6. The van der Waals surface area contributed by atoms with Gasteiger partial charge in [-0.2, -0.15) is 0 Å². The molecule has 6 heteroatoms. The molecule has 6 nitrogen and oxygen atoms in total. The van der Waals surface area contributed by atoms with Gasteiger partial charge in [-0.25, -0.2) is 0 Å². The number of morpholine rings is 1. The Bertz CT molecular complexity index is 460. The third-order valence-corrected chi connectivity index (χ3v) is 5.63. The highest BCUT2D eigenvalue weighted by Gasteiger charge is 2.33. The smallest absolute Gasteiger partial charge is 0.225 e. The molecule has 3 saturated heterocycles. The van der Waals surface area contributed by atoms with Crippen LogP contribution in [0.25, 0.3) is 0 Å². The summed E-state index contributed by atoms with van der Waals surface area (Å²) in [6.07, 6.45) is 5.65. The van der Waals surface area contributed by atoms with Gasteiger partial charge in [0.1, 0.15) is 0 Å². The van der Waals surface area contributed by atoms with E-state index in [1.807, 2.05) is 23.6 Å². The summed E-state index contributed by atoms with van der Waals surface area (Å²) in [5.41, 5.74) is 0. The monoisotopic (exact) mass is 352 g/mol. The number of hydrogen-bond acceptors (Lipinski definition) is 4. The van der Waals surface area contributed by atoms with Gasteiger partial charge in [0.05, 0.1) is 18.3 Å². The number of carbonyl (C=O) groups is 2. The van der Waals surface area contributed by atoms with Crippen molar-refractivity contribution in [2.24, 2.45) is 5.92 Å². The van der Waals surface area contributed by atoms with Gasteiger partial charge in [0.15, 0.2) is 0 Å². The van der Waals surface area contributed by atoms with E-state index >= 15 is 0 Å². The number of carbonyl (C=O) groups excluding carboxylic acids is 2. The molecule has 3 aliphatic heterocycles. The number of piperidine rings is 1. The molecule has 3 aliphatic rings. The molecule has 0 aliphatic carbocycles. The highest BCUT2D eigenvalue weighted by molar-refractivity contribution is 5.80. The van der Waals surface area contributed by atoms with Gasteiger partial charge in [-0.1, -0.05) is 0 Å². The first kappa shape index (κ1) is 18.6. The highest BCUT2D eigenvalue weighted by Crippen LogP contribution is 2.23. The summed E-state index contributed by atoms with van der Waals surface area (Å²) in [5.74, 6) is 0.517. The molecular weight excluding hydrogens is 320 g/mol. The molecule has 3 heterocycles. The summed E-state index contributed by atoms with van der Waals surface area (Å²) < 4.78 is 11.3. The largest absolute Gasteiger partial charge is 0.378 e. The highest BCUT2D eigenvalue weighted by atomic mass is 16.5. The normalized spacial score (nSPS) is 31.4. The molecule has 0 spiro atoms. The molecule has 0 aromatic rings. The SMILES string of the molecule is CC1CN(C(=O)C2CCN(C(=O)CCC3CCCO3)CC2)CC(C)O1. The van der Waals surface area contributed by atoms with Gasteiger partial charge in [0.2, 0.25) is 11.8 Å². The van der Waals surface area contributed by atoms with E-state index < -0.39 is 0 Å². The number of ether oxygens (including phenoxy) is 2. The lowest BCUT2D eigenvalue weighted by molar-refractivity contribution is -0.150. The van der Waals surface area contributed by atoms with Gasteiger partial charge in [0.25, 0.3) is 0 Å². The summed E-state index contributed by atoms with van der Waals surface area (Å²) in [6, 6.07) is 0. The van der Waals surface area contributed by atoms with Crippen LogP contribution in [0, 0.1) is 5.92 Å². The topological polar surface area (TPSA) is 59.1 Å². The van der Waals surface area contributed by atoms with Gasteiger partial charge < -0.3 is 19.3 Å². The summed E-state index contributed by atoms with van der Waals surface area (Å²) in [5, 5.41) is 0. The zero-order chi connectivity index (χ0) is 17.8. The van der Waals surface area contributed by atoms with Crippen molar-refractivity contribution >= 4 is 11.8 Å². The van der Waals surface area contributed by atoms with Crippen LogP contribution >= 0.6 is 0 Å². The van der Waals surface area contributed by atoms with E-state index in [1.54, 1.807) is 0 Å². The summed E-state index contributed by atoms with van der Waals surface area (Å²) in [7, 11) is 0. The summed E-state index contributed by atoms with van der Waals surface area (Å²) in [6.45, 7) is 7.65. The summed E-state index contributed by atoms with van der Waals surface area (Å²) in [4.78, 5) is 29.0. The molecule has 0 aromatic carbocycles. The first-order chi connectivity index (χ1) is 12.0. The summed E-state index contributed by atoms with van der Waals surface area (Å²) >= 11 is 0. The van der Waals surface area contributed by atoms with Gasteiger partial charge in [0, 0.05) is 45.1 Å². The molecule has 0 radical (unpaired) electrons. The van der Waals surface area contributed by atoms with Crippen molar-refractivity contribution in [2.45, 2.75) is 70.7 Å². The molecule has 0 saturated carbocycles. The lowest BCUT2D eigenvalue weighted by Gasteiger charge is -2.39. The van der Waals surface area contributed by atoms with E-state index in [0.29, 0.717) is 32.6 Å². The second kappa shape index (κ2) is 8.49. The predicted molar refractivity (Wildman–Crippen MR) is 94.1 cm³/mol. The minimum atomic E-state index is 0.0553. The van der Waals surface area contributed by atoms with Crippen LogP contribution in [0.15, 0.2) is 0 Å². The molecule has 142 valence electrons. The van der Waals surface area contributed by atoms with Crippen LogP contribution in [0.4, 0.5) is 0 Å². The van der Waals surface area contributed by atoms with Crippen LogP contribution in [-0.4, -0.2) is 72.7 Å². The lowest BCUT2D eigenvalue weighted by atomic mass is 9.94. The van der Waals surface area contributed by atoms with E-state index in [0.717, 1.165) is 38.7 Å². The molecule has 3 rings (SSSR count). The van der Waals surface area contributed by atoms with E-state index in [9.17, 15) is 9.59 Å². The minimum Gasteiger partial charge on any atom is -0.378 e. The van der Waals surface area contributed by atoms with E-state index in [4.69, 9.17) is 9.47 Å². The number of amides is 2. The maximum atomic E-state index is 12.8. The van der Waals surface area contributed by atoms with Crippen LogP contribution < -0.4 is 0 Å². The molecular formula is C19H32N2O4. The molecule has 3 unspecified atom stereocenters. The Labute approximate surface area is 150 Å². The predicted octanol–water partition coefficient (Wildman–Crippen LogP) is 1.82. The van der Waals surface area contributed by atoms with Crippen molar-refractivity contribution in [2.75, 3.05) is 32.8 Å². The fourth-order valence-corrected chi connectivity index (χ4v) is 4.31. The Hall–Kier alpha value is -1.14. The average molecular weight is 352 g/mol. The number of rotatable bonds is 4. The van der Waals surface area contributed by atoms with Gasteiger partial charge >= 0.3 is 0 Å². The Morgan fingerprint density at radius 3 is 2.28 bits per heavy atom. The Balaban J connectivity index is 1.41. The van der Waals surface area contributed by atoms with Crippen molar-refractivity contribution < 1.29 is 19.1 Å². The first-order valence-corrected chi connectivity index (χ1v) is 9.86. The van der Waals surface area contributed by atoms with Gasteiger partial charge in [-0.05, 0) is 46.0 Å². The molecule has 0 aromatic heterocycles. The van der Waals surface area contributed by atoms with E-state index in [1.165, 1.54) is 0 Å². The van der Waals surface area contributed by atoms with Gasteiger partial charge in [-0.3, -0.25) is 9.59 Å². The van der Waals surface area contributed by atoms with Crippen molar-refractivity contribution in [3.63, 3.8) is 0 Å². The van der Waals surface area contributed by atoms with Crippen LogP contribution in [0.2, 0.25) is 0 Å². The fraction of sp³-hybridized carbons (Fsp3) is 0.895. The van der Waals surface area contributed by atoms with Gasteiger partial charge in [-0.15, -0.1) is 0 Å². The second-order valence-corrected chi connectivity index (χ2v) is 7.83. The maximum Gasteiger partial charge on any atom is 0.225 e. The second-order valence-electron chi connectivity index (χ2n) is 7.83. The Morgan fingerprint density at radius 2 is 1.68 bits per heavy atom. The molecule has 2 amide bonds. The molecule has 0 bridgehead atoms.